The summed E-state index contributed by atoms with van der Waals surface area (Å²) in [7, 11) is 0. The van der Waals surface area contributed by atoms with Crippen LogP contribution in [0.1, 0.15) is 117 Å². The van der Waals surface area contributed by atoms with Crippen molar-refractivity contribution >= 4 is 5.97 Å². The molecule has 1 fully saturated rings. The minimum Gasteiger partial charge on any atom is -0.457 e. The summed E-state index contributed by atoms with van der Waals surface area (Å²) in [5.74, 6) is -0.339. The molecule has 0 spiro atoms. The third-order valence-corrected chi connectivity index (χ3v) is 7.76. The van der Waals surface area contributed by atoms with E-state index in [9.17, 15) is 25.2 Å². The molecule has 1 aliphatic heterocycles. The van der Waals surface area contributed by atoms with Gasteiger partial charge in [-0.3, -0.25) is 4.79 Å². The molecule has 0 aromatic carbocycles. The fraction of sp³-hybridized carbons (Fsp3) is 0.757. The summed E-state index contributed by atoms with van der Waals surface area (Å²) < 4.78 is 22.5. The average molecular weight is 653 g/mol. The molecule has 6 unspecified atom stereocenters. The SMILES string of the molecule is CC/C=C\C/C=C\C/C=C\C/C=C\CCCOCC(COC1OC(CO)C(O)C(O)C1O)OC(=O)CCCCCCCCCCC. The van der Waals surface area contributed by atoms with Gasteiger partial charge in [0.1, 0.15) is 30.5 Å². The number of rotatable bonds is 28. The predicted molar refractivity (Wildman–Crippen MR) is 182 cm³/mol. The van der Waals surface area contributed by atoms with Crippen molar-refractivity contribution < 1.29 is 44.2 Å². The molecule has 1 heterocycles. The van der Waals surface area contributed by atoms with Gasteiger partial charge in [0.2, 0.25) is 0 Å². The Kier molecular flexibility index (Phi) is 26.9. The third kappa shape index (κ3) is 21.1. The zero-order valence-corrected chi connectivity index (χ0v) is 28.6. The molecule has 46 heavy (non-hydrogen) atoms. The van der Waals surface area contributed by atoms with E-state index in [2.05, 4.69) is 62.5 Å². The summed E-state index contributed by atoms with van der Waals surface area (Å²) in [6.45, 7) is 4.24. The second kappa shape index (κ2) is 29.3. The van der Waals surface area contributed by atoms with Crippen molar-refractivity contribution in [2.75, 3.05) is 26.4 Å². The summed E-state index contributed by atoms with van der Waals surface area (Å²) in [5, 5.41) is 39.8. The molecule has 6 atom stereocenters. The lowest BCUT2D eigenvalue weighted by Gasteiger charge is -2.39. The number of ether oxygens (including phenoxy) is 4. The van der Waals surface area contributed by atoms with Crippen LogP contribution in [0.4, 0.5) is 0 Å². The van der Waals surface area contributed by atoms with Crippen LogP contribution in [0.5, 0.6) is 0 Å². The van der Waals surface area contributed by atoms with Gasteiger partial charge in [-0.15, -0.1) is 0 Å². The molecule has 1 aliphatic rings. The Morgan fingerprint density at radius 2 is 1.30 bits per heavy atom. The van der Waals surface area contributed by atoms with E-state index >= 15 is 0 Å². The lowest BCUT2D eigenvalue weighted by Crippen LogP contribution is -2.59. The van der Waals surface area contributed by atoms with Crippen LogP contribution in [0, 0.1) is 0 Å². The maximum atomic E-state index is 12.6. The van der Waals surface area contributed by atoms with Crippen LogP contribution in [0.2, 0.25) is 0 Å². The minimum absolute atomic E-state index is 0.106. The highest BCUT2D eigenvalue weighted by atomic mass is 16.7. The lowest BCUT2D eigenvalue weighted by atomic mass is 9.99. The zero-order valence-electron chi connectivity index (χ0n) is 28.6. The molecular formula is C37H64O9. The zero-order chi connectivity index (χ0) is 33.7. The summed E-state index contributed by atoms with van der Waals surface area (Å²) >= 11 is 0. The molecule has 0 bridgehead atoms. The van der Waals surface area contributed by atoms with Crippen LogP contribution in [0.3, 0.4) is 0 Å². The number of hydrogen-bond donors (Lipinski definition) is 4. The maximum Gasteiger partial charge on any atom is 0.306 e. The quantitative estimate of drug-likeness (QED) is 0.0440. The van der Waals surface area contributed by atoms with E-state index in [-0.39, 0.29) is 19.2 Å². The standard InChI is InChI=1S/C37H64O9/c1-3-5-7-9-11-13-14-15-16-17-19-21-23-25-27-43-29-31(30-44-37-36(42)35(41)34(40)32(28-38)46-37)45-33(39)26-24-22-20-18-12-10-8-6-4-2/h5,7,11,13,15-16,19,21,31-32,34-38,40-42H,3-4,6,8-10,12,14,17-18,20,22-30H2,1-2H3/b7-5-,13-11-,16-15-,21-19-. The molecule has 0 aromatic rings. The van der Waals surface area contributed by atoms with Crippen LogP contribution in [-0.4, -0.2) is 89.6 Å². The van der Waals surface area contributed by atoms with Gasteiger partial charge in [0.05, 0.1) is 19.8 Å². The number of esters is 1. The maximum absolute atomic E-state index is 12.6. The van der Waals surface area contributed by atoms with E-state index in [1.165, 1.54) is 38.5 Å². The number of aliphatic hydroxyl groups excluding tert-OH is 4. The van der Waals surface area contributed by atoms with Crippen molar-refractivity contribution in [3.05, 3.63) is 48.6 Å². The van der Waals surface area contributed by atoms with E-state index in [1.54, 1.807) is 0 Å². The molecule has 0 saturated carbocycles. The number of unbranched alkanes of at least 4 members (excludes halogenated alkanes) is 9. The van der Waals surface area contributed by atoms with Crippen molar-refractivity contribution in [1.29, 1.82) is 0 Å². The van der Waals surface area contributed by atoms with E-state index < -0.39 is 43.4 Å². The first-order valence-electron chi connectivity index (χ1n) is 17.7. The molecule has 9 nitrogen and oxygen atoms in total. The van der Waals surface area contributed by atoms with Gasteiger partial charge in [-0.25, -0.2) is 0 Å². The number of allylic oxidation sites excluding steroid dienone is 8. The van der Waals surface area contributed by atoms with E-state index in [0.717, 1.165) is 57.8 Å². The van der Waals surface area contributed by atoms with Crippen LogP contribution in [0.25, 0.3) is 0 Å². The highest BCUT2D eigenvalue weighted by Crippen LogP contribution is 2.22. The normalized spacial score (nSPS) is 23.0. The van der Waals surface area contributed by atoms with Gasteiger partial charge in [0, 0.05) is 13.0 Å². The molecule has 0 radical (unpaired) electrons. The van der Waals surface area contributed by atoms with Gasteiger partial charge in [-0.2, -0.15) is 0 Å². The summed E-state index contributed by atoms with van der Waals surface area (Å²) in [4.78, 5) is 12.6. The number of carbonyl (C=O) groups excluding carboxylic acids is 1. The van der Waals surface area contributed by atoms with Gasteiger partial charge in [-0.05, 0) is 44.9 Å². The Bertz CT molecular complexity index is 839. The first kappa shape index (κ1) is 42.2. The van der Waals surface area contributed by atoms with Crippen molar-refractivity contribution in [1.82, 2.24) is 0 Å². The van der Waals surface area contributed by atoms with Crippen molar-refractivity contribution in [2.45, 2.75) is 153 Å². The fourth-order valence-electron chi connectivity index (χ4n) is 4.96. The number of hydrogen-bond acceptors (Lipinski definition) is 9. The largest absolute Gasteiger partial charge is 0.457 e. The molecule has 0 aromatic heterocycles. The summed E-state index contributed by atoms with van der Waals surface area (Å²) in [5.41, 5.74) is 0. The molecule has 1 saturated heterocycles. The number of carbonyl (C=O) groups is 1. The monoisotopic (exact) mass is 652 g/mol. The Labute approximate surface area is 278 Å². The molecule has 0 aliphatic carbocycles. The van der Waals surface area contributed by atoms with E-state index in [0.29, 0.717) is 13.0 Å². The third-order valence-electron chi connectivity index (χ3n) is 7.76. The van der Waals surface area contributed by atoms with Crippen molar-refractivity contribution in [3.8, 4) is 0 Å². The van der Waals surface area contributed by atoms with Gasteiger partial charge in [0.15, 0.2) is 6.29 Å². The van der Waals surface area contributed by atoms with Crippen LogP contribution >= 0.6 is 0 Å². The second-order valence-electron chi connectivity index (χ2n) is 11.9. The highest BCUT2D eigenvalue weighted by molar-refractivity contribution is 5.69. The van der Waals surface area contributed by atoms with E-state index in [1.807, 2.05) is 0 Å². The van der Waals surface area contributed by atoms with Gasteiger partial charge in [-0.1, -0.05) is 114 Å². The smallest absolute Gasteiger partial charge is 0.306 e. The Morgan fingerprint density at radius 3 is 1.91 bits per heavy atom. The minimum atomic E-state index is -1.54. The molecule has 266 valence electrons. The summed E-state index contributed by atoms with van der Waals surface area (Å²) in [6, 6.07) is 0. The molecule has 0 amide bonds. The first-order valence-corrected chi connectivity index (χ1v) is 17.7. The Hall–Kier alpha value is -1.85. The van der Waals surface area contributed by atoms with Crippen molar-refractivity contribution in [3.63, 3.8) is 0 Å². The van der Waals surface area contributed by atoms with Gasteiger partial charge in [0.25, 0.3) is 0 Å². The Balaban J connectivity index is 2.41. The average Bonchev–Trinajstić information content (AvgIpc) is 3.05. The molecular weight excluding hydrogens is 588 g/mol. The molecule has 1 rings (SSSR count). The molecule has 4 N–H and O–H groups in total. The summed E-state index contributed by atoms with van der Waals surface area (Å²) in [6.07, 6.45) is 25.8. The lowest BCUT2D eigenvalue weighted by molar-refractivity contribution is -0.305. The number of aliphatic hydroxyl groups is 4. The van der Waals surface area contributed by atoms with E-state index in [4.69, 9.17) is 18.9 Å². The van der Waals surface area contributed by atoms with Crippen LogP contribution in [0.15, 0.2) is 48.6 Å². The highest BCUT2D eigenvalue weighted by Gasteiger charge is 2.44. The van der Waals surface area contributed by atoms with Crippen molar-refractivity contribution in [2.24, 2.45) is 0 Å². The Morgan fingerprint density at radius 1 is 0.717 bits per heavy atom. The first-order chi connectivity index (χ1) is 22.4. The van der Waals surface area contributed by atoms with Gasteiger partial charge >= 0.3 is 5.97 Å². The molecule has 9 heteroatoms. The van der Waals surface area contributed by atoms with Crippen LogP contribution < -0.4 is 0 Å². The van der Waals surface area contributed by atoms with Gasteiger partial charge < -0.3 is 39.4 Å². The van der Waals surface area contributed by atoms with Crippen LogP contribution in [-0.2, 0) is 23.7 Å². The fourth-order valence-corrected chi connectivity index (χ4v) is 4.96. The topological polar surface area (TPSA) is 135 Å². The predicted octanol–water partition coefficient (Wildman–Crippen LogP) is 6.24. The second-order valence-corrected chi connectivity index (χ2v) is 11.9.